The van der Waals surface area contributed by atoms with E-state index in [0.29, 0.717) is 11.3 Å². The zero-order valence-electron chi connectivity index (χ0n) is 8.58. The first-order valence-electron chi connectivity index (χ1n) is 5.13. The van der Waals surface area contributed by atoms with Gasteiger partial charge in [0.25, 0.3) is 0 Å². The molecule has 0 aliphatic carbocycles. The van der Waals surface area contributed by atoms with E-state index in [1.54, 1.807) is 6.20 Å². The summed E-state index contributed by atoms with van der Waals surface area (Å²) in [5.74, 6) is 0.919. The van der Waals surface area contributed by atoms with Crippen molar-refractivity contribution in [2.75, 3.05) is 11.4 Å². The minimum Gasteiger partial charge on any atom is -0.353 e. The monoisotopic (exact) mass is 289 g/mol. The third kappa shape index (κ3) is 2.42. The van der Waals surface area contributed by atoms with E-state index in [4.69, 9.17) is 11.6 Å². The first-order valence-corrected chi connectivity index (χ1v) is 6.30. The average molecular weight is 291 g/mol. The van der Waals surface area contributed by atoms with Crippen LogP contribution in [-0.2, 0) is 0 Å². The number of hydrogen-bond donors (Lipinski definition) is 0. The third-order valence-corrected chi connectivity index (χ3v) is 3.51. The summed E-state index contributed by atoms with van der Waals surface area (Å²) in [7, 11) is 0. The lowest BCUT2D eigenvalue weighted by Gasteiger charge is -2.34. The predicted molar refractivity (Wildman–Crippen MR) is 65.4 cm³/mol. The third-order valence-electron chi connectivity index (χ3n) is 2.77. The normalized spacial score (nSPS) is 21.8. The Balaban J connectivity index is 2.30. The van der Waals surface area contributed by atoms with E-state index >= 15 is 0 Å². The standard InChI is InChI=1S/C10H13BrClN3/c1-7-4-2-3-5-15(7)9-8(11)6-13-10(12)14-9/h6-7H,2-5H2,1H3. The summed E-state index contributed by atoms with van der Waals surface area (Å²) in [5.41, 5.74) is 0. The highest BCUT2D eigenvalue weighted by Crippen LogP contribution is 2.29. The van der Waals surface area contributed by atoms with Gasteiger partial charge in [0.2, 0.25) is 5.28 Å². The molecule has 0 N–H and O–H groups in total. The van der Waals surface area contributed by atoms with Crippen LogP contribution in [0.2, 0.25) is 5.28 Å². The molecule has 1 unspecified atom stereocenters. The minimum absolute atomic E-state index is 0.311. The second-order valence-corrected chi connectivity index (χ2v) is 5.04. The van der Waals surface area contributed by atoms with Gasteiger partial charge in [-0.05, 0) is 53.7 Å². The van der Waals surface area contributed by atoms with Crippen LogP contribution in [-0.4, -0.2) is 22.6 Å². The highest BCUT2D eigenvalue weighted by Gasteiger charge is 2.21. The number of anilines is 1. The van der Waals surface area contributed by atoms with Crippen molar-refractivity contribution < 1.29 is 0 Å². The summed E-state index contributed by atoms with van der Waals surface area (Å²) >= 11 is 9.28. The first-order chi connectivity index (χ1) is 7.18. The molecule has 1 aromatic heterocycles. The van der Waals surface area contributed by atoms with Crippen LogP contribution in [0.1, 0.15) is 26.2 Å². The molecule has 0 saturated carbocycles. The summed E-state index contributed by atoms with van der Waals surface area (Å²) in [6, 6.07) is 0.529. The molecule has 15 heavy (non-hydrogen) atoms. The van der Waals surface area contributed by atoms with Crippen LogP contribution < -0.4 is 4.90 Å². The molecule has 1 aromatic rings. The van der Waals surface area contributed by atoms with Crippen LogP contribution in [0.4, 0.5) is 5.82 Å². The van der Waals surface area contributed by atoms with Crippen LogP contribution in [0.25, 0.3) is 0 Å². The van der Waals surface area contributed by atoms with Crippen molar-refractivity contribution in [1.82, 2.24) is 9.97 Å². The van der Waals surface area contributed by atoms with Crippen molar-refractivity contribution in [1.29, 1.82) is 0 Å². The van der Waals surface area contributed by atoms with Gasteiger partial charge in [-0.2, -0.15) is 4.98 Å². The largest absolute Gasteiger partial charge is 0.353 e. The molecule has 82 valence electrons. The Morgan fingerprint density at radius 1 is 1.53 bits per heavy atom. The minimum atomic E-state index is 0.311. The van der Waals surface area contributed by atoms with E-state index in [2.05, 4.69) is 37.7 Å². The summed E-state index contributed by atoms with van der Waals surface area (Å²) in [6.07, 6.45) is 5.45. The van der Waals surface area contributed by atoms with Crippen LogP contribution in [0, 0.1) is 0 Å². The van der Waals surface area contributed by atoms with E-state index in [1.165, 1.54) is 19.3 Å². The molecule has 2 heterocycles. The van der Waals surface area contributed by atoms with E-state index in [1.807, 2.05) is 0 Å². The number of piperidine rings is 1. The first kappa shape index (κ1) is 11.1. The van der Waals surface area contributed by atoms with E-state index in [0.717, 1.165) is 16.8 Å². The summed E-state index contributed by atoms with van der Waals surface area (Å²) in [4.78, 5) is 10.5. The second kappa shape index (κ2) is 4.66. The number of rotatable bonds is 1. The molecule has 0 amide bonds. The van der Waals surface area contributed by atoms with Gasteiger partial charge >= 0.3 is 0 Å². The van der Waals surface area contributed by atoms with Crippen molar-refractivity contribution in [2.45, 2.75) is 32.2 Å². The molecule has 1 atom stereocenters. The van der Waals surface area contributed by atoms with Crippen LogP contribution in [0.15, 0.2) is 10.7 Å². The van der Waals surface area contributed by atoms with Crippen molar-refractivity contribution in [3.63, 3.8) is 0 Å². The van der Waals surface area contributed by atoms with Crippen LogP contribution in [0.3, 0.4) is 0 Å². The Morgan fingerprint density at radius 2 is 2.33 bits per heavy atom. The number of aromatic nitrogens is 2. The molecule has 0 aromatic carbocycles. The highest BCUT2D eigenvalue weighted by atomic mass is 79.9. The quantitative estimate of drug-likeness (QED) is 0.743. The van der Waals surface area contributed by atoms with Gasteiger partial charge in [-0.25, -0.2) is 4.98 Å². The maximum Gasteiger partial charge on any atom is 0.224 e. The maximum atomic E-state index is 5.81. The van der Waals surface area contributed by atoms with Crippen molar-refractivity contribution >= 4 is 33.3 Å². The molecule has 5 heteroatoms. The average Bonchev–Trinajstić information content (AvgIpc) is 2.23. The highest BCUT2D eigenvalue weighted by molar-refractivity contribution is 9.10. The lowest BCUT2D eigenvalue weighted by molar-refractivity contribution is 0.480. The Hall–Kier alpha value is -0.350. The lowest BCUT2D eigenvalue weighted by Crippen LogP contribution is -2.38. The van der Waals surface area contributed by atoms with Gasteiger partial charge in [0, 0.05) is 18.8 Å². The zero-order chi connectivity index (χ0) is 10.8. The number of hydrogen-bond acceptors (Lipinski definition) is 3. The van der Waals surface area contributed by atoms with Gasteiger partial charge in [-0.1, -0.05) is 0 Å². The van der Waals surface area contributed by atoms with E-state index in [9.17, 15) is 0 Å². The summed E-state index contributed by atoms with van der Waals surface area (Å²) < 4.78 is 0.917. The van der Waals surface area contributed by atoms with E-state index in [-0.39, 0.29) is 0 Å². The topological polar surface area (TPSA) is 29.0 Å². The lowest BCUT2D eigenvalue weighted by atomic mass is 10.0. The fourth-order valence-electron chi connectivity index (χ4n) is 1.95. The maximum absolute atomic E-state index is 5.81. The zero-order valence-corrected chi connectivity index (χ0v) is 10.9. The van der Waals surface area contributed by atoms with Gasteiger partial charge < -0.3 is 4.90 Å². The molecule has 0 bridgehead atoms. The molecule has 3 nitrogen and oxygen atoms in total. The molecular weight excluding hydrogens is 277 g/mol. The van der Waals surface area contributed by atoms with Crippen LogP contribution in [0.5, 0.6) is 0 Å². The Kier molecular flexibility index (Phi) is 3.46. The predicted octanol–water partition coefficient (Wildman–Crippen LogP) is 3.27. The smallest absolute Gasteiger partial charge is 0.224 e. The van der Waals surface area contributed by atoms with Crippen molar-refractivity contribution in [2.24, 2.45) is 0 Å². The number of nitrogens with zero attached hydrogens (tertiary/aromatic N) is 3. The molecule has 1 fully saturated rings. The number of halogens is 2. The van der Waals surface area contributed by atoms with Gasteiger partial charge in [-0.15, -0.1) is 0 Å². The Morgan fingerprint density at radius 3 is 3.07 bits per heavy atom. The molecule has 2 rings (SSSR count). The molecule has 1 saturated heterocycles. The van der Waals surface area contributed by atoms with Gasteiger partial charge in [-0.3, -0.25) is 0 Å². The Labute approximate surface area is 103 Å². The molecule has 0 radical (unpaired) electrons. The Bertz CT molecular complexity index is 359. The second-order valence-electron chi connectivity index (χ2n) is 3.85. The molecule has 1 aliphatic heterocycles. The molecular formula is C10H13BrClN3. The van der Waals surface area contributed by atoms with Gasteiger partial charge in [0.1, 0.15) is 5.82 Å². The van der Waals surface area contributed by atoms with Crippen LogP contribution >= 0.6 is 27.5 Å². The van der Waals surface area contributed by atoms with Crippen molar-refractivity contribution in [3.8, 4) is 0 Å². The molecule has 0 spiro atoms. The summed E-state index contributed by atoms with van der Waals surface area (Å²) in [5, 5.41) is 0.311. The fraction of sp³-hybridized carbons (Fsp3) is 0.600. The molecule has 1 aliphatic rings. The summed E-state index contributed by atoms with van der Waals surface area (Å²) in [6.45, 7) is 3.27. The fourth-order valence-corrected chi connectivity index (χ4v) is 2.50. The SMILES string of the molecule is CC1CCCCN1c1nc(Cl)ncc1Br. The van der Waals surface area contributed by atoms with Gasteiger partial charge in [0.15, 0.2) is 0 Å². The van der Waals surface area contributed by atoms with E-state index < -0.39 is 0 Å². The van der Waals surface area contributed by atoms with Gasteiger partial charge in [0.05, 0.1) is 4.47 Å². The van der Waals surface area contributed by atoms with Crippen molar-refractivity contribution in [3.05, 3.63) is 16.0 Å².